The molecule has 3 aliphatic heterocycles. The van der Waals surface area contributed by atoms with Crippen LogP contribution in [0.4, 0.5) is 11.6 Å². The number of aliphatic imine (C=N–C) groups is 1. The zero-order chi connectivity index (χ0) is 23.2. The summed E-state index contributed by atoms with van der Waals surface area (Å²) in [7, 11) is 0. The van der Waals surface area contributed by atoms with Crippen molar-refractivity contribution in [2.45, 2.75) is 50.2 Å². The van der Waals surface area contributed by atoms with E-state index in [4.69, 9.17) is 15.7 Å². The fourth-order valence-corrected chi connectivity index (χ4v) is 6.17. The van der Waals surface area contributed by atoms with Crippen LogP contribution in [0.3, 0.4) is 0 Å². The van der Waals surface area contributed by atoms with E-state index >= 15 is 0 Å². The summed E-state index contributed by atoms with van der Waals surface area (Å²) in [5.41, 5.74) is 10.1. The highest BCUT2D eigenvalue weighted by Gasteiger charge is 2.30. The molecule has 5 heterocycles. The van der Waals surface area contributed by atoms with Gasteiger partial charge in [0.25, 0.3) is 5.56 Å². The third-order valence-corrected chi connectivity index (χ3v) is 7.79. The van der Waals surface area contributed by atoms with Gasteiger partial charge in [-0.05, 0) is 37.8 Å². The standard InChI is InChI=1S/C25H27N7OS/c1-16-22-23(31-10-5-4-6-17-12-18(26)14-30(13-17)25(31)28-22)24(33)32(29-16)15-19-9-11-34-21-8-3-2-7-20(21)27-19/h2-3,7-8,17-18H,6,9-15,26H2,1H3/t17-,18?/m1/s1. The minimum Gasteiger partial charge on any atom is -0.340 e. The molecule has 0 radical (unpaired) electrons. The SMILES string of the molecule is Cc1nn(CC2=Nc3ccccc3SCC2)c(=O)c2c1nc1n2CC#CC[C@@H]2CC(N)CN1C2. The Hall–Kier alpha value is -3.09. The van der Waals surface area contributed by atoms with Gasteiger partial charge in [0.05, 0.1) is 24.5 Å². The molecular formula is C25H27N7OS. The fraction of sp³-hybridized carbons (Fsp3) is 0.440. The summed E-state index contributed by atoms with van der Waals surface area (Å²) < 4.78 is 3.52. The summed E-state index contributed by atoms with van der Waals surface area (Å²) in [5, 5.41) is 4.65. The largest absolute Gasteiger partial charge is 0.340 e. The average Bonchev–Trinajstić information content (AvgIpc) is 3.10. The van der Waals surface area contributed by atoms with E-state index in [1.165, 1.54) is 4.90 Å². The monoisotopic (exact) mass is 473 g/mol. The first-order valence-electron chi connectivity index (χ1n) is 11.8. The molecule has 3 aromatic rings. The fourth-order valence-electron chi connectivity index (χ4n) is 5.18. The van der Waals surface area contributed by atoms with Gasteiger partial charge in [0, 0.05) is 41.9 Å². The number of rotatable bonds is 2. The molecule has 1 aromatic carbocycles. The molecule has 1 fully saturated rings. The van der Waals surface area contributed by atoms with Crippen LogP contribution in [0.2, 0.25) is 0 Å². The maximum Gasteiger partial charge on any atom is 0.293 e. The van der Waals surface area contributed by atoms with E-state index in [0.29, 0.717) is 30.0 Å². The smallest absolute Gasteiger partial charge is 0.293 e. The van der Waals surface area contributed by atoms with Gasteiger partial charge in [-0.15, -0.1) is 17.7 Å². The number of aromatic nitrogens is 4. The highest BCUT2D eigenvalue weighted by atomic mass is 32.2. The lowest BCUT2D eigenvalue weighted by atomic mass is 9.92. The van der Waals surface area contributed by atoms with Crippen molar-refractivity contribution >= 4 is 40.1 Å². The Bertz CT molecular complexity index is 1430. The molecule has 34 heavy (non-hydrogen) atoms. The number of benzene rings is 1. The summed E-state index contributed by atoms with van der Waals surface area (Å²) in [6, 6.07) is 8.23. The van der Waals surface area contributed by atoms with Gasteiger partial charge < -0.3 is 10.6 Å². The van der Waals surface area contributed by atoms with Crippen LogP contribution in [0.25, 0.3) is 11.0 Å². The molecular weight excluding hydrogens is 446 g/mol. The number of anilines is 1. The third-order valence-electron chi connectivity index (χ3n) is 6.73. The molecule has 2 atom stereocenters. The van der Waals surface area contributed by atoms with Crippen LogP contribution in [0.15, 0.2) is 38.9 Å². The van der Waals surface area contributed by atoms with Crippen LogP contribution in [-0.2, 0) is 13.1 Å². The molecule has 9 heteroatoms. The lowest BCUT2D eigenvalue weighted by molar-refractivity contribution is 0.378. The molecule has 174 valence electrons. The zero-order valence-electron chi connectivity index (χ0n) is 19.2. The Morgan fingerprint density at radius 3 is 3.03 bits per heavy atom. The number of hydrogen-bond acceptors (Lipinski definition) is 7. The van der Waals surface area contributed by atoms with E-state index in [2.05, 4.69) is 27.9 Å². The normalized spacial score (nSPS) is 21.8. The van der Waals surface area contributed by atoms with Crippen LogP contribution < -0.4 is 16.2 Å². The number of nitrogens with zero attached hydrogens (tertiary/aromatic N) is 6. The Kier molecular flexibility index (Phi) is 5.42. The zero-order valence-corrected chi connectivity index (χ0v) is 20.0. The molecule has 2 N–H and O–H groups in total. The minimum atomic E-state index is -0.147. The van der Waals surface area contributed by atoms with Crippen LogP contribution in [0.5, 0.6) is 0 Å². The van der Waals surface area contributed by atoms with E-state index in [9.17, 15) is 4.79 Å². The second-order valence-electron chi connectivity index (χ2n) is 9.31. The molecule has 1 unspecified atom stereocenters. The molecule has 3 aliphatic rings. The van der Waals surface area contributed by atoms with Crippen LogP contribution in [0.1, 0.15) is 25.0 Å². The molecule has 2 bridgehead atoms. The molecule has 0 amide bonds. The molecule has 2 aromatic heterocycles. The lowest BCUT2D eigenvalue weighted by Gasteiger charge is -2.36. The lowest BCUT2D eigenvalue weighted by Crippen LogP contribution is -2.47. The molecule has 1 saturated heterocycles. The summed E-state index contributed by atoms with van der Waals surface area (Å²) >= 11 is 1.80. The van der Waals surface area contributed by atoms with Crippen molar-refractivity contribution in [1.29, 1.82) is 0 Å². The first kappa shape index (κ1) is 21.4. The maximum atomic E-state index is 13.7. The quantitative estimate of drug-likeness (QED) is 0.575. The van der Waals surface area contributed by atoms with Gasteiger partial charge >= 0.3 is 0 Å². The molecule has 0 aliphatic carbocycles. The maximum absolute atomic E-state index is 13.7. The van der Waals surface area contributed by atoms with Crippen molar-refractivity contribution in [2.75, 3.05) is 23.7 Å². The second-order valence-corrected chi connectivity index (χ2v) is 10.4. The van der Waals surface area contributed by atoms with Crippen LogP contribution >= 0.6 is 11.8 Å². The summed E-state index contributed by atoms with van der Waals surface area (Å²) in [5.74, 6) is 8.70. The third kappa shape index (κ3) is 3.81. The molecule has 0 saturated carbocycles. The topological polar surface area (TPSA) is 94.3 Å². The Labute approximate surface area is 202 Å². The number of fused-ring (bicyclic) bond motifs is 7. The molecule has 6 rings (SSSR count). The van der Waals surface area contributed by atoms with Gasteiger partial charge in [-0.3, -0.25) is 14.4 Å². The Morgan fingerprint density at radius 1 is 1.24 bits per heavy atom. The van der Waals surface area contributed by atoms with Crippen molar-refractivity contribution < 1.29 is 0 Å². The van der Waals surface area contributed by atoms with Gasteiger partial charge in [-0.25, -0.2) is 9.67 Å². The number of hydrogen-bond donors (Lipinski definition) is 1. The van der Waals surface area contributed by atoms with Crippen molar-refractivity contribution in [3.8, 4) is 11.8 Å². The predicted octanol–water partition coefficient (Wildman–Crippen LogP) is 2.73. The Balaban J connectivity index is 1.45. The van der Waals surface area contributed by atoms with E-state index < -0.39 is 0 Å². The molecule has 8 nitrogen and oxygen atoms in total. The van der Waals surface area contributed by atoms with Crippen molar-refractivity contribution in [3.63, 3.8) is 0 Å². The number of piperidine rings is 1. The van der Waals surface area contributed by atoms with Crippen molar-refractivity contribution in [2.24, 2.45) is 16.6 Å². The van der Waals surface area contributed by atoms with Gasteiger partial charge in [-0.1, -0.05) is 18.1 Å². The van der Waals surface area contributed by atoms with E-state index in [1.807, 2.05) is 29.7 Å². The number of thioether (sulfide) groups is 1. The summed E-state index contributed by atoms with van der Waals surface area (Å²) in [6.45, 7) is 4.32. The first-order valence-corrected chi connectivity index (χ1v) is 12.8. The molecule has 0 spiro atoms. The van der Waals surface area contributed by atoms with E-state index in [1.54, 1.807) is 16.4 Å². The van der Waals surface area contributed by atoms with Gasteiger partial charge in [-0.2, -0.15) is 5.10 Å². The highest BCUT2D eigenvalue weighted by molar-refractivity contribution is 7.99. The summed E-state index contributed by atoms with van der Waals surface area (Å²) in [6.07, 6.45) is 2.62. The van der Waals surface area contributed by atoms with E-state index in [0.717, 1.165) is 61.1 Å². The van der Waals surface area contributed by atoms with Crippen molar-refractivity contribution in [1.82, 2.24) is 19.3 Å². The first-order chi connectivity index (χ1) is 16.6. The minimum absolute atomic E-state index is 0.0804. The van der Waals surface area contributed by atoms with Gasteiger partial charge in [0.1, 0.15) is 11.0 Å². The van der Waals surface area contributed by atoms with E-state index in [-0.39, 0.29) is 11.6 Å². The van der Waals surface area contributed by atoms with Gasteiger partial charge in [0.15, 0.2) is 0 Å². The second kappa shape index (κ2) is 8.60. The number of aryl methyl sites for hydroxylation is 1. The number of para-hydroxylation sites is 1. The average molecular weight is 474 g/mol. The van der Waals surface area contributed by atoms with Crippen LogP contribution in [0, 0.1) is 24.7 Å². The van der Waals surface area contributed by atoms with Crippen LogP contribution in [-0.4, -0.2) is 49.9 Å². The van der Waals surface area contributed by atoms with Gasteiger partial charge in [0.2, 0.25) is 5.95 Å². The Morgan fingerprint density at radius 2 is 2.12 bits per heavy atom. The summed E-state index contributed by atoms with van der Waals surface area (Å²) in [4.78, 5) is 26.9. The predicted molar refractivity (Wildman–Crippen MR) is 136 cm³/mol. The number of imidazole rings is 1. The highest BCUT2D eigenvalue weighted by Crippen LogP contribution is 2.33. The van der Waals surface area contributed by atoms with Crippen molar-refractivity contribution in [3.05, 3.63) is 40.3 Å². The number of nitrogens with two attached hydrogens (primary N) is 1.